The fourth-order valence-corrected chi connectivity index (χ4v) is 2.01. The Labute approximate surface area is 125 Å². The first-order valence-electron chi connectivity index (χ1n) is 5.71. The van der Waals surface area contributed by atoms with Crippen LogP contribution in [0.4, 0.5) is 0 Å². The van der Waals surface area contributed by atoms with E-state index in [4.69, 9.17) is 4.74 Å². The van der Waals surface area contributed by atoms with Crippen molar-refractivity contribution in [3.05, 3.63) is 63.5 Å². The molecule has 1 heterocycles. The number of aryl methyl sites for hydroxylation is 1. The van der Waals surface area contributed by atoms with E-state index < -0.39 is 5.97 Å². The van der Waals surface area contributed by atoms with Crippen LogP contribution in [0, 0.1) is 10.5 Å². The Bertz CT molecular complexity index is 606. The van der Waals surface area contributed by atoms with Gasteiger partial charge in [-0.2, -0.15) is 0 Å². The minimum atomic E-state index is -0.412. The van der Waals surface area contributed by atoms with E-state index in [2.05, 4.69) is 27.6 Å². The van der Waals surface area contributed by atoms with Gasteiger partial charge in [0.05, 0.1) is 6.20 Å². The second-order valence-corrected chi connectivity index (χ2v) is 5.19. The lowest BCUT2D eigenvalue weighted by molar-refractivity contribution is -0.128. The van der Waals surface area contributed by atoms with Crippen molar-refractivity contribution in [3.8, 4) is 5.75 Å². The Morgan fingerprint density at radius 2 is 2.16 bits per heavy atom. The first-order chi connectivity index (χ1) is 9.13. The van der Waals surface area contributed by atoms with Crippen LogP contribution in [-0.4, -0.2) is 11.0 Å². The maximum atomic E-state index is 11.6. The molecule has 1 aromatic carbocycles. The Kier molecular flexibility index (Phi) is 4.68. The number of halogens is 1. The minimum Gasteiger partial charge on any atom is -0.422 e. The standard InChI is InChI=1S/C15H12INO2/c1-11-5-7-14(10-17-11)19-15(18)8-6-12-3-2-4-13(16)9-12/h2-10H,1H3/b8-6+. The lowest BCUT2D eigenvalue weighted by Crippen LogP contribution is -2.03. The number of benzene rings is 1. The van der Waals surface area contributed by atoms with Crippen molar-refractivity contribution >= 4 is 34.6 Å². The molecule has 0 radical (unpaired) electrons. The Balaban J connectivity index is 1.99. The first-order valence-corrected chi connectivity index (χ1v) is 6.79. The maximum absolute atomic E-state index is 11.6. The van der Waals surface area contributed by atoms with Crippen LogP contribution < -0.4 is 4.74 Å². The number of hydrogen-bond donors (Lipinski definition) is 0. The zero-order chi connectivity index (χ0) is 13.7. The van der Waals surface area contributed by atoms with Gasteiger partial charge >= 0.3 is 5.97 Å². The van der Waals surface area contributed by atoms with Crippen molar-refractivity contribution < 1.29 is 9.53 Å². The first kappa shape index (κ1) is 13.7. The van der Waals surface area contributed by atoms with Gasteiger partial charge in [-0.1, -0.05) is 12.1 Å². The highest BCUT2D eigenvalue weighted by atomic mass is 127. The van der Waals surface area contributed by atoms with Crippen LogP contribution in [0.3, 0.4) is 0 Å². The molecule has 0 amide bonds. The largest absolute Gasteiger partial charge is 0.422 e. The van der Waals surface area contributed by atoms with Gasteiger partial charge in [-0.25, -0.2) is 4.79 Å². The third-order valence-electron chi connectivity index (χ3n) is 2.36. The van der Waals surface area contributed by atoms with Gasteiger partial charge < -0.3 is 4.74 Å². The predicted molar refractivity (Wildman–Crippen MR) is 82.8 cm³/mol. The molecule has 0 saturated carbocycles. The van der Waals surface area contributed by atoms with E-state index in [1.54, 1.807) is 18.2 Å². The topological polar surface area (TPSA) is 39.2 Å². The zero-order valence-corrected chi connectivity index (χ0v) is 12.5. The van der Waals surface area contributed by atoms with Crippen LogP contribution in [-0.2, 0) is 4.79 Å². The lowest BCUT2D eigenvalue weighted by atomic mass is 10.2. The van der Waals surface area contributed by atoms with Gasteiger partial charge in [0.25, 0.3) is 0 Å². The summed E-state index contributed by atoms with van der Waals surface area (Å²) in [4.78, 5) is 15.7. The number of esters is 1. The molecule has 0 spiro atoms. The molecule has 2 aromatic rings. The summed E-state index contributed by atoms with van der Waals surface area (Å²) in [6, 6.07) is 11.4. The smallest absolute Gasteiger partial charge is 0.336 e. The molecule has 0 atom stereocenters. The van der Waals surface area contributed by atoms with E-state index in [-0.39, 0.29) is 0 Å². The Morgan fingerprint density at radius 1 is 1.32 bits per heavy atom. The molecule has 19 heavy (non-hydrogen) atoms. The fraction of sp³-hybridized carbons (Fsp3) is 0.0667. The number of pyridine rings is 1. The number of carbonyl (C=O) groups excluding carboxylic acids is 1. The van der Waals surface area contributed by atoms with E-state index >= 15 is 0 Å². The molecule has 0 aliphatic rings. The van der Waals surface area contributed by atoms with Crippen molar-refractivity contribution in [3.63, 3.8) is 0 Å². The molecule has 0 unspecified atom stereocenters. The summed E-state index contributed by atoms with van der Waals surface area (Å²) in [5.74, 6) is 0.0346. The van der Waals surface area contributed by atoms with Crippen molar-refractivity contribution in [2.45, 2.75) is 6.92 Å². The van der Waals surface area contributed by atoms with Gasteiger partial charge in [-0.05, 0) is 65.4 Å². The van der Waals surface area contributed by atoms with Gasteiger partial charge in [-0.15, -0.1) is 0 Å². The summed E-state index contributed by atoms with van der Waals surface area (Å²) in [6.45, 7) is 1.88. The van der Waals surface area contributed by atoms with E-state index in [1.807, 2.05) is 31.2 Å². The van der Waals surface area contributed by atoms with Crippen molar-refractivity contribution in [1.82, 2.24) is 4.98 Å². The number of rotatable bonds is 3. The number of ether oxygens (including phenoxy) is 1. The summed E-state index contributed by atoms with van der Waals surface area (Å²) in [7, 11) is 0. The molecule has 4 heteroatoms. The summed E-state index contributed by atoms with van der Waals surface area (Å²) in [5, 5.41) is 0. The summed E-state index contributed by atoms with van der Waals surface area (Å²) < 4.78 is 6.25. The predicted octanol–water partition coefficient (Wildman–Crippen LogP) is 3.61. The SMILES string of the molecule is Cc1ccc(OC(=O)/C=C/c2cccc(I)c2)cn1. The number of carbonyl (C=O) groups is 1. The molecule has 2 rings (SSSR count). The quantitative estimate of drug-likeness (QED) is 0.474. The molecule has 0 saturated heterocycles. The van der Waals surface area contributed by atoms with Gasteiger partial charge in [-0.3, -0.25) is 4.98 Å². The third kappa shape index (κ3) is 4.48. The minimum absolute atomic E-state index is 0.412. The highest BCUT2D eigenvalue weighted by Crippen LogP contribution is 2.11. The second kappa shape index (κ2) is 6.47. The monoisotopic (exact) mass is 365 g/mol. The van der Waals surface area contributed by atoms with Gasteiger partial charge in [0.15, 0.2) is 0 Å². The number of nitrogens with zero attached hydrogens (tertiary/aromatic N) is 1. The van der Waals surface area contributed by atoms with Gasteiger partial charge in [0, 0.05) is 15.3 Å². The van der Waals surface area contributed by atoms with Crippen molar-refractivity contribution in [2.24, 2.45) is 0 Å². The van der Waals surface area contributed by atoms with Crippen LogP contribution in [0.1, 0.15) is 11.3 Å². The number of aromatic nitrogens is 1. The molecule has 3 nitrogen and oxygen atoms in total. The lowest BCUT2D eigenvalue weighted by Gasteiger charge is -2.00. The van der Waals surface area contributed by atoms with Crippen LogP contribution in [0.25, 0.3) is 6.08 Å². The van der Waals surface area contributed by atoms with Crippen LogP contribution in [0.2, 0.25) is 0 Å². The van der Waals surface area contributed by atoms with Crippen LogP contribution in [0.15, 0.2) is 48.7 Å². The van der Waals surface area contributed by atoms with Crippen molar-refractivity contribution in [2.75, 3.05) is 0 Å². The number of hydrogen-bond acceptors (Lipinski definition) is 3. The maximum Gasteiger partial charge on any atom is 0.336 e. The van der Waals surface area contributed by atoms with Gasteiger partial charge in [0.2, 0.25) is 0 Å². The van der Waals surface area contributed by atoms with E-state index in [0.717, 1.165) is 14.8 Å². The highest BCUT2D eigenvalue weighted by Gasteiger charge is 2.00. The van der Waals surface area contributed by atoms with Crippen molar-refractivity contribution in [1.29, 1.82) is 0 Å². The Morgan fingerprint density at radius 3 is 2.84 bits per heavy atom. The van der Waals surface area contributed by atoms with E-state index in [9.17, 15) is 4.79 Å². The molecule has 96 valence electrons. The average Bonchev–Trinajstić information content (AvgIpc) is 2.39. The van der Waals surface area contributed by atoms with E-state index in [0.29, 0.717) is 5.75 Å². The molecule has 0 N–H and O–H groups in total. The zero-order valence-electron chi connectivity index (χ0n) is 10.3. The van der Waals surface area contributed by atoms with Crippen LogP contribution in [0.5, 0.6) is 5.75 Å². The van der Waals surface area contributed by atoms with E-state index in [1.165, 1.54) is 12.3 Å². The molecular formula is C15H12INO2. The van der Waals surface area contributed by atoms with Gasteiger partial charge in [0.1, 0.15) is 5.75 Å². The molecule has 1 aromatic heterocycles. The highest BCUT2D eigenvalue weighted by molar-refractivity contribution is 14.1. The molecule has 0 bridgehead atoms. The fourth-order valence-electron chi connectivity index (χ4n) is 1.44. The third-order valence-corrected chi connectivity index (χ3v) is 3.03. The summed E-state index contributed by atoms with van der Waals surface area (Å²) >= 11 is 2.23. The summed E-state index contributed by atoms with van der Waals surface area (Å²) in [6.07, 6.45) is 4.67. The molecule has 0 fully saturated rings. The average molecular weight is 365 g/mol. The Hall–Kier alpha value is -1.69. The van der Waals surface area contributed by atoms with Crippen LogP contribution >= 0.6 is 22.6 Å². The normalized spacial score (nSPS) is 10.6. The summed E-state index contributed by atoms with van der Waals surface area (Å²) in [5.41, 5.74) is 1.85. The molecule has 0 aliphatic carbocycles. The molecular weight excluding hydrogens is 353 g/mol. The second-order valence-electron chi connectivity index (χ2n) is 3.94. The molecule has 0 aliphatic heterocycles.